The van der Waals surface area contributed by atoms with Crippen molar-refractivity contribution < 1.29 is 19.6 Å². The van der Waals surface area contributed by atoms with Gasteiger partial charge in [0.2, 0.25) is 0 Å². The molecule has 0 radical (unpaired) electrons. The summed E-state index contributed by atoms with van der Waals surface area (Å²) in [6.07, 6.45) is 0.257. The van der Waals surface area contributed by atoms with Gasteiger partial charge in [-0.05, 0) is 19.4 Å². The van der Waals surface area contributed by atoms with E-state index >= 15 is 0 Å². The van der Waals surface area contributed by atoms with E-state index in [9.17, 15) is 19.7 Å². The maximum atomic E-state index is 12.0. The van der Waals surface area contributed by atoms with E-state index in [0.717, 1.165) is 4.90 Å². The average Bonchev–Trinajstić information content (AvgIpc) is 2.40. The summed E-state index contributed by atoms with van der Waals surface area (Å²) in [6, 6.07) is 2.73. The number of carbonyl (C=O) groups excluding carboxylic acids is 1. The predicted octanol–water partition coefficient (Wildman–Crippen LogP) is 2.23. The van der Waals surface area contributed by atoms with Crippen LogP contribution in [-0.2, 0) is 4.79 Å². The van der Waals surface area contributed by atoms with Gasteiger partial charge in [-0.25, -0.2) is 9.59 Å². The lowest BCUT2D eigenvalue weighted by Crippen LogP contribution is -2.44. The lowest BCUT2D eigenvalue weighted by atomic mass is 10.1. The molecule has 0 saturated carbocycles. The predicted molar refractivity (Wildman–Crippen MR) is 76.3 cm³/mol. The van der Waals surface area contributed by atoms with Gasteiger partial charge < -0.3 is 15.3 Å². The number of nitro groups is 1. The highest BCUT2D eigenvalue weighted by atomic mass is 16.6. The highest BCUT2D eigenvalue weighted by Gasteiger charge is 2.25. The molecule has 1 rings (SSSR count). The molecule has 0 aliphatic carbocycles. The summed E-state index contributed by atoms with van der Waals surface area (Å²) < 4.78 is 0. The van der Waals surface area contributed by atoms with Crippen molar-refractivity contribution in [2.24, 2.45) is 0 Å². The Kier molecular flexibility index (Phi) is 5.23. The molecule has 1 aromatic rings. The van der Waals surface area contributed by atoms with Crippen LogP contribution in [0.5, 0.6) is 0 Å². The number of urea groups is 1. The Morgan fingerprint density at radius 1 is 1.48 bits per heavy atom. The zero-order valence-electron chi connectivity index (χ0n) is 12.0. The van der Waals surface area contributed by atoms with Gasteiger partial charge in [-0.3, -0.25) is 10.1 Å². The number of hydrogen-bond donors (Lipinski definition) is 2. The molecule has 0 aliphatic heterocycles. The number of nitro benzene ring substituents is 1. The largest absolute Gasteiger partial charge is 0.480 e. The van der Waals surface area contributed by atoms with Crippen molar-refractivity contribution in [2.75, 3.05) is 12.4 Å². The Hall–Kier alpha value is -2.64. The Bertz CT molecular complexity index is 573. The van der Waals surface area contributed by atoms with Gasteiger partial charge in [-0.1, -0.05) is 13.0 Å². The number of nitrogens with zero attached hydrogens (tertiary/aromatic N) is 2. The van der Waals surface area contributed by atoms with Crippen molar-refractivity contribution in [3.05, 3.63) is 33.9 Å². The highest BCUT2D eigenvalue weighted by Crippen LogP contribution is 2.25. The summed E-state index contributed by atoms with van der Waals surface area (Å²) in [6.45, 7) is 3.17. The summed E-state index contributed by atoms with van der Waals surface area (Å²) in [5.74, 6) is -1.11. The van der Waals surface area contributed by atoms with Gasteiger partial charge in [0.25, 0.3) is 5.69 Å². The van der Waals surface area contributed by atoms with Crippen LogP contribution in [0.1, 0.15) is 18.9 Å². The number of rotatable bonds is 5. The normalized spacial score (nSPS) is 11.6. The molecule has 0 aromatic heterocycles. The van der Waals surface area contributed by atoms with Crippen molar-refractivity contribution in [2.45, 2.75) is 26.3 Å². The Morgan fingerprint density at radius 3 is 2.57 bits per heavy atom. The minimum Gasteiger partial charge on any atom is -0.480 e. The number of carboxylic acid groups (broad SMARTS) is 1. The Morgan fingerprint density at radius 2 is 2.10 bits per heavy atom. The summed E-state index contributed by atoms with van der Waals surface area (Å²) in [4.78, 5) is 34.4. The van der Waals surface area contributed by atoms with Crippen molar-refractivity contribution in [1.29, 1.82) is 0 Å². The third-order valence-electron chi connectivity index (χ3n) is 3.20. The van der Waals surface area contributed by atoms with E-state index in [4.69, 9.17) is 5.11 Å². The fourth-order valence-corrected chi connectivity index (χ4v) is 1.92. The molecule has 1 aromatic carbocycles. The zero-order chi connectivity index (χ0) is 16.2. The van der Waals surface area contributed by atoms with Crippen molar-refractivity contribution in [3.63, 3.8) is 0 Å². The molecule has 8 nitrogen and oxygen atoms in total. The van der Waals surface area contributed by atoms with E-state index in [-0.39, 0.29) is 17.8 Å². The molecular formula is C13H17N3O5. The summed E-state index contributed by atoms with van der Waals surface area (Å²) in [5, 5.41) is 22.4. The molecule has 0 aliphatic rings. The topological polar surface area (TPSA) is 113 Å². The van der Waals surface area contributed by atoms with Gasteiger partial charge in [-0.15, -0.1) is 0 Å². The minimum atomic E-state index is -1.11. The molecule has 2 N–H and O–H groups in total. The fourth-order valence-electron chi connectivity index (χ4n) is 1.92. The lowest BCUT2D eigenvalue weighted by Gasteiger charge is -2.24. The third kappa shape index (κ3) is 3.68. The summed E-state index contributed by atoms with van der Waals surface area (Å²) in [5.41, 5.74) is 0.481. The third-order valence-corrected chi connectivity index (χ3v) is 3.20. The number of aliphatic carboxylic acids is 1. The van der Waals surface area contributed by atoms with E-state index in [1.807, 2.05) is 0 Å². The molecule has 0 heterocycles. The van der Waals surface area contributed by atoms with E-state index in [1.165, 1.54) is 32.2 Å². The molecule has 0 saturated heterocycles. The quantitative estimate of drug-likeness (QED) is 0.638. The fraction of sp³-hybridized carbons (Fsp3) is 0.385. The van der Waals surface area contributed by atoms with Crippen LogP contribution in [0.25, 0.3) is 0 Å². The number of amides is 2. The molecule has 0 fully saturated rings. The average molecular weight is 295 g/mol. The van der Waals surface area contributed by atoms with E-state index < -0.39 is 23.0 Å². The second-order valence-corrected chi connectivity index (χ2v) is 4.51. The van der Waals surface area contributed by atoms with Crippen LogP contribution in [0.2, 0.25) is 0 Å². The molecule has 8 heteroatoms. The van der Waals surface area contributed by atoms with Crippen LogP contribution in [0.15, 0.2) is 18.2 Å². The standard InChI is InChI=1S/C13H17N3O5/c1-4-10(12(17)18)15(3)13(19)14-9-6-5-7-11(8(9)2)16(20)21/h5-7,10H,4H2,1-3H3,(H,14,19)(H,17,18). The molecule has 114 valence electrons. The number of anilines is 1. The van der Waals surface area contributed by atoms with Crippen LogP contribution in [0.4, 0.5) is 16.2 Å². The maximum Gasteiger partial charge on any atom is 0.326 e. The van der Waals surface area contributed by atoms with Crippen LogP contribution in [-0.4, -0.2) is 40.0 Å². The molecule has 1 atom stereocenters. The number of hydrogen-bond acceptors (Lipinski definition) is 4. The first-order valence-electron chi connectivity index (χ1n) is 6.30. The van der Waals surface area contributed by atoms with Gasteiger partial charge in [-0.2, -0.15) is 0 Å². The lowest BCUT2D eigenvalue weighted by molar-refractivity contribution is -0.385. The van der Waals surface area contributed by atoms with E-state index in [0.29, 0.717) is 5.56 Å². The zero-order valence-corrected chi connectivity index (χ0v) is 12.0. The van der Waals surface area contributed by atoms with Gasteiger partial charge in [0, 0.05) is 13.1 Å². The van der Waals surface area contributed by atoms with Crippen molar-refractivity contribution >= 4 is 23.4 Å². The Balaban J connectivity index is 2.96. The van der Waals surface area contributed by atoms with Crippen LogP contribution < -0.4 is 5.32 Å². The number of carboxylic acids is 1. The molecule has 21 heavy (non-hydrogen) atoms. The molecule has 0 bridgehead atoms. The number of nitrogens with one attached hydrogen (secondary N) is 1. The first-order valence-corrected chi connectivity index (χ1v) is 6.30. The SMILES string of the molecule is CCC(C(=O)O)N(C)C(=O)Nc1cccc([N+](=O)[O-])c1C. The van der Waals surface area contributed by atoms with Crippen molar-refractivity contribution in [3.8, 4) is 0 Å². The second kappa shape index (κ2) is 6.69. The molecular weight excluding hydrogens is 278 g/mol. The number of likely N-dealkylation sites (N-methyl/N-ethyl adjacent to an activating group) is 1. The first-order chi connectivity index (χ1) is 9.79. The monoisotopic (exact) mass is 295 g/mol. The number of benzene rings is 1. The van der Waals surface area contributed by atoms with Gasteiger partial charge in [0.1, 0.15) is 6.04 Å². The summed E-state index contributed by atoms with van der Waals surface area (Å²) >= 11 is 0. The smallest absolute Gasteiger partial charge is 0.326 e. The van der Waals surface area contributed by atoms with Gasteiger partial charge in [0.15, 0.2) is 0 Å². The first kappa shape index (κ1) is 16.4. The van der Waals surface area contributed by atoms with Crippen LogP contribution in [0.3, 0.4) is 0 Å². The number of carbonyl (C=O) groups is 2. The van der Waals surface area contributed by atoms with Gasteiger partial charge >= 0.3 is 12.0 Å². The van der Waals surface area contributed by atoms with Gasteiger partial charge in [0.05, 0.1) is 16.2 Å². The molecule has 2 amide bonds. The van der Waals surface area contributed by atoms with E-state index in [1.54, 1.807) is 6.92 Å². The van der Waals surface area contributed by atoms with E-state index in [2.05, 4.69) is 5.32 Å². The molecule has 1 unspecified atom stereocenters. The van der Waals surface area contributed by atoms with Crippen molar-refractivity contribution in [1.82, 2.24) is 4.90 Å². The Labute approximate surface area is 121 Å². The maximum absolute atomic E-state index is 12.0. The minimum absolute atomic E-state index is 0.110. The molecule has 0 spiro atoms. The second-order valence-electron chi connectivity index (χ2n) is 4.51. The van der Waals surface area contributed by atoms with Crippen LogP contribution >= 0.6 is 0 Å². The highest BCUT2D eigenvalue weighted by molar-refractivity contribution is 5.93. The summed E-state index contributed by atoms with van der Waals surface area (Å²) in [7, 11) is 1.37. The van der Waals surface area contributed by atoms with Crippen LogP contribution in [0, 0.1) is 17.0 Å².